The highest BCUT2D eigenvalue weighted by atomic mass is 15.2. The first-order valence-electron chi connectivity index (χ1n) is 5.46. The molecule has 0 aliphatic heterocycles. The summed E-state index contributed by atoms with van der Waals surface area (Å²) in [5.74, 6) is 0. The zero-order valence-corrected chi connectivity index (χ0v) is 9.72. The Labute approximate surface area is 95.9 Å². The number of aryl methyl sites for hydroxylation is 2. The Morgan fingerprint density at radius 3 is 2.56 bits per heavy atom. The number of nitrogens with zero attached hydrogens (tertiary/aromatic N) is 2. The molecule has 2 rings (SSSR count). The lowest BCUT2D eigenvalue weighted by atomic mass is 10.0. The summed E-state index contributed by atoms with van der Waals surface area (Å²) in [5, 5.41) is 4.31. The summed E-state index contributed by atoms with van der Waals surface area (Å²) in [4.78, 5) is 0. The molecule has 2 aromatic rings. The number of benzene rings is 1. The van der Waals surface area contributed by atoms with Crippen molar-refractivity contribution in [1.29, 1.82) is 0 Å². The van der Waals surface area contributed by atoms with E-state index in [9.17, 15) is 0 Å². The van der Waals surface area contributed by atoms with Crippen LogP contribution in [0.1, 0.15) is 22.9 Å². The summed E-state index contributed by atoms with van der Waals surface area (Å²) >= 11 is 0. The van der Waals surface area contributed by atoms with Gasteiger partial charge in [0, 0.05) is 24.8 Å². The summed E-state index contributed by atoms with van der Waals surface area (Å²) < 4.78 is 1.82. The van der Waals surface area contributed by atoms with E-state index in [1.54, 1.807) is 0 Å². The molecular formula is C13H17N3. The highest BCUT2D eigenvalue weighted by Crippen LogP contribution is 2.18. The lowest BCUT2D eigenvalue weighted by Crippen LogP contribution is -2.13. The molecule has 1 aromatic heterocycles. The zero-order valence-electron chi connectivity index (χ0n) is 9.72. The predicted octanol–water partition coefficient (Wildman–Crippen LogP) is 1.97. The lowest BCUT2D eigenvalue weighted by Gasteiger charge is -2.10. The van der Waals surface area contributed by atoms with Gasteiger partial charge in [0.2, 0.25) is 0 Å². The largest absolute Gasteiger partial charge is 0.324 e. The van der Waals surface area contributed by atoms with Crippen molar-refractivity contribution in [3.8, 4) is 0 Å². The van der Waals surface area contributed by atoms with Crippen LogP contribution >= 0.6 is 0 Å². The molecule has 1 unspecified atom stereocenters. The molecule has 0 fully saturated rings. The SMILES string of the molecule is Cc1nn(C)cc1C(N)Cc1ccccc1. The molecule has 0 aliphatic rings. The van der Waals surface area contributed by atoms with Crippen molar-refractivity contribution in [2.75, 3.05) is 0 Å². The van der Waals surface area contributed by atoms with Gasteiger partial charge in [-0.05, 0) is 18.9 Å². The number of aromatic nitrogens is 2. The average molecular weight is 215 g/mol. The Hall–Kier alpha value is -1.61. The fraction of sp³-hybridized carbons (Fsp3) is 0.308. The maximum Gasteiger partial charge on any atom is 0.0641 e. The quantitative estimate of drug-likeness (QED) is 0.850. The van der Waals surface area contributed by atoms with E-state index >= 15 is 0 Å². The van der Waals surface area contributed by atoms with Crippen LogP contribution in [0.15, 0.2) is 36.5 Å². The van der Waals surface area contributed by atoms with Gasteiger partial charge >= 0.3 is 0 Å². The van der Waals surface area contributed by atoms with Crippen LogP contribution in [-0.4, -0.2) is 9.78 Å². The van der Waals surface area contributed by atoms with Gasteiger partial charge in [-0.15, -0.1) is 0 Å². The summed E-state index contributed by atoms with van der Waals surface area (Å²) in [6.07, 6.45) is 2.86. The Balaban J connectivity index is 2.14. The first kappa shape index (κ1) is 10.9. The maximum absolute atomic E-state index is 6.19. The first-order chi connectivity index (χ1) is 7.66. The number of hydrogen-bond donors (Lipinski definition) is 1. The molecular weight excluding hydrogens is 198 g/mol. The van der Waals surface area contributed by atoms with Gasteiger partial charge in [0.1, 0.15) is 0 Å². The molecule has 0 saturated carbocycles. The molecule has 0 bridgehead atoms. The Morgan fingerprint density at radius 2 is 2.00 bits per heavy atom. The molecule has 2 N–H and O–H groups in total. The molecule has 0 saturated heterocycles. The van der Waals surface area contributed by atoms with E-state index in [1.165, 1.54) is 5.56 Å². The highest BCUT2D eigenvalue weighted by molar-refractivity contribution is 5.24. The minimum Gasteiger partial charge on any atom is -0.324 e. The van der Waals surface area contributed by atoms with Gasteiger partial charge < -0.3 is 5.73 Å². The fourth-order valence-corrected chi connectivity index (χ4v) is 1.96. The van der Waals surface area contributed by atoms with Gasteiger partial charge in [0.15, 0.2) is 0 Å². The topological polar surface area (TPSA) is 43.8 Å². The van der Waals surface area contributed by atoms with Gasteiger partial charge in [-0.25, -0.2) is 0 Å². The van der Waals surface area contributed by atoms with E-state index in [0.717, 1.165) is 17.7 Å². The van der Waals surface area contributed by atoms with E-state index in [-0.39, 0.29) is 6.04 Å². The van der Waals surface area contributed by atoms with Gasteiger partial charge in [0.05, 0.1) is 5.69 Å². The van der Waals surface area contributed by atoms with Crippen LogP contribution in [0.4, 0.5) is 0 Å². The zero-order chi connectivity index (χ0) is 11.5. The molecule has 16 heavy (non-hydrogen) atoms. The van der Waals surface area contributed by atoms with Crippen molar-refractivity contribution in [2.45, 2.75) is 19.4 Å². The maximum atomic E-state index is 6.19. The third-order valence-electron chi connectivity index (χ3n) is 2.75. The van der Waals surface area contributed by atoms with Crippen LogP contribution in [0, 0.1) is 6.92 Å². The molecule has 0 amide bonds. The minimum absolute atomic E-state index is 0.0242. The second kappa shape index (κ2) is 4.49. The van der Waals surface area contributed by atoms with Crippen LogP contribution in [0.25, 0.3) is 0 Å². The molecule has 1 heterocycles. The van der Waals surface area contributed by atoms with Gasteiger partial charge in [-0.1, -0.05) is 30.3 Å². The van der Waals surface area contributed by atoms with Crippen LogP contribution in [0.2, 0.25) is 0 Å². The summed E-state index contributed by atoms with van der Waals surface area (Å²) in [7, 11) is 1.92. The standard InChI is InChI=1S/C13H17N3/c1-10-12(9-16(2)15-10)13(14)8-11-6-4-3-5-7-11/h3-7,9,13H,8,14H2,1-2H3. The molecule has 0 radical (unpaired) electrons. The van der Waals surface area contributed by atoms with Crippen LogP contribution in [0.5, 0.6) is 0 Å². The Kier molecular flexibility index (Phi) is 3.06. The molecule has 0 aliphatic carbocycles. The van der Waals surface area contributed by atoms with E-state index in [1.807, 2.05) is 43.0 Å². The van der Waals surface area contributed by atoms with Crippen LogP contribution in [0.3, 0.4) is 0 Å². The molecule has 0 spiro atoms. The Bertz CT molecular complexity index is 459. The van der Waals surface area contributed by atoms with Crippen molar-refractivity contribution < 1.29 is 0 Å². The number of hydrogen-bond acceptors (Lipinski definition) is 2. The van der Waals surface area contributed by atoms with Crippen molar-refractivity contribution >= 4 is 0 Å². The Morgan fingerprint density at radius 1 is 1.31 bits per heavy atom. The third kappa shape index (κ3) is 2.31. The lowest BCUT2D eigenvalue weighted by molar-refractivity contribution is 0.715. The number of nitrogens with two attached hydrogens (primary N) is 1. The summed E-state index contributed by atoms with van der Waals surface area (Å²) in [6, 6.07) is 10.3. The highest BCUT2D eigenvalue weighted by Gasteiger charge is 2.12. The fourth-order valence-electron chi connectivity index (χ4n) is 1.96. The molecule has 1 atom stereocenters. The molecule has 84 valence electrons. The van der Waals surface area contributed by atoms with E-state index < -0.39 is 0 Å². The minimum atomic E-state index is 0.0242. The van der Waals surface area contributed by atoms with Crippen LogP contribution in [-0.2, 0) is 13.5 Å². The normalized spacial score (nSPS) is 12.7. The van der Waals surface area contributed by atoms with Gasteiger partial charge in [-0.3, -0.25) is 4.68 Å². The van der Waals surface area contributed by atoms with E-state index in [0.29, 0.717) is 0 Å². The van der Waals surface area contributed by atoms with Gasteiger partial charge in [-0.2, -0.15) is 5.10 Å². The second-order valence-electron chi connectivity index (χ2n) is 4.14. The third-order valence-corrected chi connectivity index (χ3v) is 2.75. The van der Waals surface area contributed by atoms with Crippen molar-refractivity contribution in [3.63, 3.8) is 0 Å². The monoisotopic (exact) mass is 215 g/mol. The molecule has 1 aromatic carbocycles. The summed E-state index contributed by atoms with van der Waals surface area (Å²) in [6.45, 7) is 2.00. The predicted molar refractivity (Wildman–Crippen MR) is 65.0 cm³/mol. The average Bonchev–Trinajstić information content (AvgIpc) is 2.59. The summed E-state index contributed by atoms with van der Waals surface area (Å²) in [5.41, 5.74) is 9.60. The smallest absolute Gasteiger partial charge is 0.0641 e. The van der Waals surface area contributed by atoms with Crippen molar-refractivity contribution in [1.82, 2.24) is 9.78 Å². The molecule has 3 heteroatoms. The number of rotatable bonds is 3. The first-order valence-corrected chi connectivity index (χ1v) is 5.46. The van der Waals surface area contributed by atoms with Crippen LogP contribution < -0.4 is 5.73 Å². The molecule has 3 nitrogen and oxygen atoms in total. The van der Waals surface area contributed by atoms with Gasteiger partial charge in [0.25, 0.3) is 0 Å². The van der Waals surface area contributed by atoms with Crippen molar-refractivity contribution in [2.24, 2.45) is 12.8 Å². The van der Waals surface area contributed by atoms with Crippen molar-refractivity contribution in [3.05, 3.63) is 53.3 Å². The van der Waals surface area contributed by atoms with E-state index in [4.69, 9.17) is 5.73 Å². The second-order valence-corrected chi connectivity index (χ2v) is 4.14. The van der Waals surface area contributed by atoms with E-state index in [2.05, 4.69) is 17.2 Å².